The fraction of sp³-hybridized carbons (Fsp3) is 0. The molecule has 5 rings (SSSR count). The summed E-state index contributed by atoms with van der Waals surface area (Å²) in [4.78, 5) is 22.1. The zero-order valence-corrected chi connectivity index (χ0v) is 16.0. The lowest BCUT2D eigenvalue weighted by atomic mass is 9.97. The van der Waals surface area contributed by atoms with Crippen LogP contribution in [0.1, 0.15) is 0 Å². The predicted molar refractivity (Wildman–Crippen MR) is 116 cm³/mol. The summed E-state index contributed by atoms with van der Waals surface area (Å²) in [5.74, 6) is 0.611. The normalized spacial score (nSPS) is 10.8. The summed E-state index contributed by atoms with van der Waals surface area (Å²) in [6.45, 7) is 0. The Hall–Kier alpha value is -4.25. The van der Waals surface area contributed by atoms with Crippen molar-refractivity contribution in [1.82, 2.24) is 14.5 Å². The van der Waals surface area contributed by atoms with Gasteiger partial charge in [0, 0.05) is 34.8 Å². The van der Waals surface area contributed by atoms with Crippen LogP contribution in [0.15, 0.2) is 113 Å². The van der Waals surface area contributed by atoms with E-state index in [1.807, 2.05) is 85.1 Å². The maximum absolute atomic E-state index is 13.6. The Morgan fingerprint density at radius 3 is 2.30 bits per heavy atom. The quantitative estimate of drug-likeness (QED) is 0.421. The van der Waals surface area contributed by atoms with Gasteiger partial charge in [0.1, 0.15) is 0 Å². The van der Waals surface area contributed by atoms with Crippen LogP contribution in [-0.2, 0) is 0 Å². The first-order valence-corrected chi connectivity index (χ1v) is 9.53. The molecule has 3 aromatic heterocycles. The standard InChI is InChI=1S/C25H17N3O2/c29-25-22(20-10-4-5-11-21(20)24-15-26-17-30-24)14-18(23-12-6-7-13-27-23)16-28(25)19-8-2-1-3-9-19/h1-17H. The molecule has 5 heteroatoms. The van der Waals surface area contributed by atoms with Gasteiger partial charge in [-0.2, -0.15) is 0 Å². The predicted octanol–water partition coefficient (Wildman–Crippen LogP) is 5.22. The van der Waals surface area contributed by atoms with E-state index >= 15 is 0 Å². The largest absolute Gasteiger partial charge is 0.443 e. The second kappa shape index (κ2) is 7.64. The molecule has 0 fully saturated rings. The molecule has 0 saturated heterocycles. The second-order valence-electron chi connectivity index (χ2n) is 6.78. The first-order chi connectivity index (χ1) is 14.8. The van der Waals surface area contributed by atoms with Crippen LogP contribution in [0, 0.1) is 0 Å². The molecule has 0 aliphatic heterocycles. The molecule has 5 nitrogen and oxygen atoms in total. The Labute approximate surface area is 172 Å². The highest BCUT2D eigenvalue weighted by Crippen LogP contribution is 2.32. The number of aromatic nitrogens is 3. The first kappa shape index (κ1) is 17.8. The van der Waals surface area contributed by atoms with Crippen LogP contribution in [0.25, 0.3) is 39.4 Å². The average Bonchev–Trinajstić information content (AvgIpc) is 3.35. The van der Waals surface area contributed by atoms with E-state index in [4.69, 9.17) is 4.42 Å². The van der Waals surface area contributed by atoms with Crippen LogP contribution in [0.3, 0.4) is 0 Å². The highest BCUT2D eigenvalue weighted by Gasteiger charge is 2.16. The molecule has 0 N–H and O–H groups in total. The molecule has 5 aromatic rings. The van der Waals surface area contributed by atoms with Gasteiger partial charge in [0.25, 0.3) is 5.56 Å². The smallest absolute Gasteiger partial charge is 0.263 e. The number of hydrogen-bond acceptors (Lipinski definition) is 4. The van der Waals surface area contributed by atoms with E-state index in [9.17, 15) is 4.79 Å². The van der Waals surface area contributed by atoms with E-state index in [1.54, 1.807) is 17.0 Å². The van der Waals surface area contributed by atoms with Crippen molar-refractivity contribution in [2.24, 2.45) is 0 Å². The zero-order chi connectivity index (χ0) is 20.3. The number of rotatable bonds is 4. The zero-order valence-electron chi connectivity index (χ0n) is 16.0. The molecule has 0 amide bonds. The van der Waals surface area contributed by atoms with Gasteiger partial charge in [-0.1, -0.05) is 48.5 Å². The lowest BCUT2D eigenvalue weighted by Crippen LogP contribution is -2.20. The molecule has 144 valence electrons. The molecule has 0 atom stereocenters. The molecule has 2 aromatic carbocycles. The van der Waals surface area contributed by atoms with Gasteiger partial charge in [0.2, 0.25) is 0 Å². The molecule has 0 saturated carbocycles. The Morgan fingerprint density at radius 2 is 1.57 bits per heavy atom. The van der Waals surface area contributed by atoms with Crippen molar-refractivity contribution in [3.05, 3.63) is 114 Å². The van der Waals surface area contributed by atoms with Crippen molar-refractivity contribution >= 4 is 0 Å². The Kier molecular flexibility index (Phi) is 4.54. The van der Waals surface area contributed by atoms with Crippen LogP contribution in [0.5, 0.6) is 0 Å². The highest BCUT2D eigenvalue weighted by molar-refractivity contribution is 5.82. The fourth-order valence-corrected chi connectivity index (χ4v) is 3.51. The van der Waals surface area contributed by atoms with Gasteiger partial charge in [-0.25, -0.2) is 4.98 Å². The van der Waals surface area contributed by atoms with Gasteiger partial charge < -0.3 is 4.42 Å². The molecule has 0 radical (unpaired) electrons. The van der Waals surface area contributed by atoms with E-state index in [1.165, 1.54) is 6.39 Å². The number of para-hydroxylation sites is 1. The number of hydrogen-bond donors (Lipinski definition) is 0. The topological polar surface area (TPSA) is 60.9 Å². The van der Waals surface area contributed by atoms with Gasteiger partial charge in [-0.3, -0.25) is 14.3 Å². The lowest BCUT2D eigenvalue weighted by molar-refractivity contribution is 0.572. The molecule has 0 unspecified atom stereocenters. The molecular formula is C25H17N3O2. The molecular weight excluding hydrogens is 374 g/mol. The summed E-state index contributed by atoms with van der Waals surface area (Å²) < 4.78 is 7.18. The summed E-state index contributed by atoms with van der Waals surface area (Å²) in [6.07, 6.45) is 6.62. The number of benzene rings is 2. The number of oxazole rings is 1. The van der Waals surface area contributed by atoms with E-state index in [2.05, 4.69) is 9.97 Å². The van der Waals surface area contributed by atoms with Crippen molar-refractivity contribution in [2.45, 2.75) is 0 Å². The minimum Gasteiger partial charge on any atom is -0.443 e. The third-order valence-corrected chi connectivity index (χ3v) is 4.93. The SMILES string of the molecule is O=c1c(-c2ccccc2-c2cnco2)cc(-c2ccccn2)cn1-c1ccccc1. The Balaban J connectivity index is 1.81. The molecule has 3 heterocycles. The molecule has 0 aliphatic carbocycles. The molecule has 30 heavy (non-hydrogen) atoms. The van der Waals surface area contributed by atoms with Crippen molar-refractivity contribution in [3.8, 4) is 39.4 Å². The number of pyridine rings is 2. The van der Waals surface area contributed by atoms with Crippen LogP contribution in [0.2, 0.25) is 0 Å². The Morgan fingerprint density at radius 1 is 0.800 bits per heavy atom. The van der Waals surface area contributed by atoms with Crippen molar-refractivity contribution in [2.75, 3.05) is 0 Å². The maximum atomic E-state index is 13.6. The minimum atomic E-state index is -0.118. The van der Waals surface area contributed by atoms with Crippen LogP contribution in [-0.4, -0.2) is 14.5 Å². The van der Waals surface area contributed by atoms with Crippen LogP contribution in [0.4, 0.5) is 0 Å². The summed E-state index contributed by atoms with van der Waals surface area (Å²) in [6, 6.07) is 24.9. The monoisotopic (exact) mass is 391 g/mol. The summed E-state index contributed by atoms with van der Waals surface area (Å²) >= 11 is 0. The van der Waals surface area contributed by atoms with E-state index in [0.717, 1.165) is 28.1 Å². The van der Waals surface area contributed by atoms with Crippen LogP contribution < -0.4 is 5.56 Å². The first-order valence-electron chi connectivity index (χ1n) is 9.53. The summed E-state index contributed by atoms with van der Waals surface area (Å²) in [7, 11) is 0. The Bertz CT molecular complexity index is 1340. The van der Waals surface area contributed by atoms with Crippen molar-refractivity contribution in [1.29, 1.82) is 0 Å². The van der Waals surface area contributed by atoms with E-state index in [0.29, 0.717) is 11.3 Å². The average molecular weight is 391 g/mol. The molecule has 0 spiro atoms. The highest BCUT2D eigenvalue weighted by atomic mass is 16.3. The van der Waals surface area contributed by atoms with E-state index < -0.39 is 0 Å². The number of nitrogens with zero attached hydrogens (tertiary/aromatic N) is 3. The van der Waals surface area contributed by atoms with Crippen LogP contribution >= 0.6 is 0 Å². The van der Waals surface area contributed by atoms with Crippen molar-refractivity contribution < 1.29 is 4.42 Å². The van der Waals surface area contributed by atoms with Gasteiger partial charge in [-0.05, 0) is 35.9 Å². The summed E-state index contributed by atoms with van der Waals surface area (Å²) in [5.41, 5.74) is 4.47. The van der Waals surface area contributed by atoms with Gasteiger partial charge in [0.15, 0.2) is 12.2 Å². The van der Waals surface area contributed by atoms with E-state index in [-0.39, 0.29) is 5.56 Å². The third-order valence-electron chi connectivity index (χ3n) is 4.93. The van der Waals surface area contributed by atoms with Gasteiger partial charge in [-0.15, -0.1) is 0 Å². The van der Waals surface area contributed by atoms with Crippen molar-refractivity contribution in [3.63, 3.8) is 0 Å². The molecule has 0 aliphatic rings. The fourth-order valence-electron chi connectivity index (χ4n) is 3.51. The maximum Gasteiger partial charge on any atom is 0.263 e. The van der Waals surface area contributed by atoms with Gasteiger partial charge in [0.05, 0.1) is 11.9 Å². The van der Waals surface area contributed by atoms with Gasteiger partial charge >= 0.3 is 0 Å². The molecule has 0 bridgehead atoms. The minimum absolute atomic E-state index is 0.118. The second-order valence-corrected chi connectivity index (χ2v) is 6.78. The third kappa shape index (κ3) is 3.22. The summed E-state index contributed by atoms with van der Waals surface area (Å²) in [5, 5.41) is 0. The lowest BCUT2D eigenvalue weighted by Gasteiger charge is -2.14.